The van der Waals surface area contributed by atoms with Gasteiger partial charge in [-0.05, 0) is 29.9 Å². The van der Waals surface area contributed by atoms with Gasteiger partial charge in [-0.3, -0.25) is 0 Å². The Labute approximate surface area is 126 Å². The van der Waals surface area contributed by atoms with Crippen molar-refractivity contribution in [3.63, 3.8) is 0 Å². The van der Waals surface area contributed by atoms with Crippen LogP contribution in [-0.4, -0.2) is 22.9 Å². The van der Waals surface area contributed by atoms with Crippen molar-refractivity contribution in [1.82, 2.24) is 4.98 Å². The summed E-state index contributed by atoms with van der Waals surface area (Å²) in [5, 5.41) is 0.978. The number of aromatic nitrogens is 1. The summed E-state index contributed by atoms with van der Waals surface area (Å²) in [4.78, 5) is 7.10. The van der Waals surface area contributed by atoms with Gasteiger partial charge in [0, 0.05) is 24.1 Å². The van der Waals surface area contributed by atoms with E-state index in [2.05, 4.69) is 72.6 Å². The molecule has 0 fully saturated rings. The molecule has 1 heterocycles. The molecule has 0 N–H and O–H groups in total. The highest BCUT2D eigenvalue weighted by Gasteiger charge is 2.18. The van der Waals surface area contributed by atoms with E-state index in [0.717, 1.165) is 30.5 Å². The zero-order chi connectivity index (χ0) is 14.5. The molecule has 2 nitrogen and oxygen atoms in total. The standard InChI is InChI=1S/C16H27BrN2/c1-6-14(7-2)19(11-10-17)15-9-8-13(12-18-15)16(3,4)5/h8-9,12,14H,6-7,10-11H2,1-5H3. The minimum Gasteiger partial charge on any atom is -0.353 e. The highest BCUT2D eigenvalue weighted by atomic mass is 79.9. The molecule has 0 radical (unpaired) electrons. The molecule has 0 aliphatic rings. The van der Waals surface area contributed by atoms with Crippen molar-refractivity contribution in [1.29, 1.82) is 0 Å². The molecular formula is C16H27BrN2. The zero-order valence-electron chi connectivity index (χ0n) is 12.9. The maximum Gasteiger partial charge on any atom is 0.128 e. The Morgan fingerprint density at radius 1 is 1.21 bits per heavy atom. The van der Waals surface area contributed by atoms with Crippen molar-refractivity contribution in [2.45, 2.75) is 58.9 Å². The van der Waals surface area contributed by atoms with Crippen LogP contribution in [0, 0.1) is 0 Å². The summed E-state index contributed by atoms with van der Waals surface area (Å²) in [5.74, 6) is 1.10. The molecule has 1 rings (SSSR count). The average Bonchev–Trinajstić information content (AvgIpc) is 2.38. The minimum atomic E-state index is 0.167. The quantitative estimate of drug-likeness (QED) is 0.700. The second-order valence-corrected chi connectivity index (χ2v) is 6.80. The number of anilines is 1. The fraction of sp³-hybridized carbons (Fsp3) is 0.688. The minimum absolute atomic E-state index is 0.167. The van der Waals surface area contributed by atoms with Crippen molar-refractivity contribution >= 4 is 21.7 Å². The summed E-state index contributed by atoms with van der Waals surface area (Å²) >= 11 is 3.55. The predicted octanol–water partition coefficient (Wildman–Crippen LogP) is 4.77. The lowest BCUT2D eigenvalue weighted by Gasteiger charge is -2.31. The van der Waals surface area contributed by atoms with Crippen LogP contribution in [0.15, 0.2) is 18.3 Å². The predicted molar refractivity (Wildman–Crippen MR) is 88.4 cm³/mol. The number of alkyl halides is 1. The zero-order valence-corrected chi connectivity index (χ0v) is 14.5. The third-order valence-electron chi connectivity index (χ3n) is 3.62. The molecule has 19 heavy (non-hydrogen) atoms. The van der Waals surface area contributed by atoms with E-state index in [1.54, 1.807) is 0 Å². The maximum atomic E-state index is 4.69. The van der Waals surface area contributed by atoms with Crippen LogP contribution in [0.5, 0.6) is 0 Å². The van der Waals surface area contributed by atoms with Crippen LogP contribution in [0.3, 0.4) is 0 Å². The molecule has 0 unspecified atom stereocenters. The number of halogens is 1. The lowest BCUT2D eigenvalue weighted by atomic mass is 9.88. The van der Waals surface area contributed by atoms with Gasteiger partial charge >= 0.3 is 0 Å². The number of nitrogens with zero attached hydrogens (tertiary/aromatic N) is 2. The van der Waals surface area contributed by atoms with Crippen LogP contribution < -0.4 is 4.90 Å². The van der Waals surface area contributed by atoms with Crippen LogP contribution in [0.2, 0.25) is 0 Å². The van der Waals surface area contributed by atoms with Crippen molar-refractivity contribution in [2.75, 3.05) is 16.8 Å². The fourth-order valence-electron chi connectivity index (χ4n) is 2.30. The van der Waals surface area contributed by atoms with Crippen molar-refractivity contribution in [3.8, 4) is 0 Å². The number of rotatable bonds is 6. The van der Waals surface area contributed by atoms with E-state index in [-0.39, 0.29) is 5.41 Å². The average molecular weight is 327 g/mol. The van der Waals surface area contributed by atoms with E-state index >= 15 is 0 Å². The smallest absolute Gasteiger partial charge is 0.128 e. The van der Waals surface area contributed by atoms with Crippen LogP contribution in [0.4, 0.5) is 5.82 Å². The monoisotopic (exact) mass is 326 g/mol. The molecule has 0 aliphatic heterocycles. The number of hydrogen-bond acceptors (Lipinski definition) is 2. The summed E-state index contributed by atoms with van der Waals surface area (Å²) in [5.41, 5.74) is 1.46. The van der Waals surface area contributed by atoms with E-state index in [1.807, 2.05) is 6.20 Å². The molecule has 3 heteroatoms. The van der Waals surface area contributed by atoms with Gasteiger partial charge in [0.25, 0.3) is 0 Å². The second kappa shape index (κ2) is 7.28. The van der Waals surface area contributed by atoms with Gasteiger partial charge in [-0.1, -0.05) is 56.6 Å². The van der Waals surface area contributed by atoms with Gasteiger partial charge in [-0.25, -0.2) is 4.98 Å². The van der Waals surface area contributed by atoms with Crippen LogP contribution in [0.1, 0.15) is 53.0 Å². The van der Waals surface area contributed by atoms with Crippen LogP contribution in [0.25, 0.3) is 0 Å². The first kappa shape index (κ1) is 16.5. The first-order valence-electron chi connectivity index (χ1n) is 7.23. The molecule has 1 aromatic rings. The third-order valence-corrected chi connectivity index (χ3v) is 3.97. The first-order valence-corrected chi connectivity index (χ1v) is 8.35. The SMILES string of the molecule is CCC(CC)N(CCBr)c1ccc(C(C)(C)C)cn1. The van der Waals surface area contributed by atoms with Crippen molar-refractivity contribution < 1.29 is 0 Å². The highest BCUT2D eigenvalue weighted by molar-refractivity contribution is 9.09. The second-order valence-electron chi connectivity index (χ2n) is 6.01. The van der Waals surface area contributed by atoms with E-state index in [9.17, 15) is 0 Å². The van der Waals surface area contributed by atoms with Crippen LogP contribution in [-0.2, 0) is 5.41 Å². The molecule has 0 amide bonds. The largest absolute Gasteiger partial charge is 0.353 e. The van der Waals surface area contributed by atoms with Gasteiger partial charge in [-0.2, -0.15) is 0 Å². The van der Waals surface area contributed by atoms with Crippen molar-refractivity contribution in [2.24, 2.45) is 0 Å². The molecule has 1 aromatic heterocycles. The summed E-state index contributed by atoms with van der Waals surface area (Å²) in [7, 11) is 0. The molecule has 0 aromatic carbocycles. The Morgan fingerprint density at radius 2 is 1.84 bits per heavy atom. The summed E-state index contributed by atoms with van der Waals surface area (Å²) < 4.78 is 0. The van der Waals surface area contributed by atoms with E-state index in [4.69, 9.17) is 0 Å². The Bertz CT molecular complexity index is 363. The Balaban J connectivity index is 2.97. The van der Waals surface area contributed by atoms with Gasteiger partial charge in [0.2, 0.25) is 0 Å². The summed E-state index contributed by atoms with van der Waals surface area (Å²) in [6.45, 7) is 12.2. The van der Waals surface area contributed by atoms with Gasteiger partial charge in [0.05, 0.1) is 0 Å². The molecule has 108 valence electrons. The third kappa shape index (κ3) is 4.48. The van der Waals surface area contributed by atoms with Gasteiger partial charge in [0.15, 0.2) is 0 Å². The number of pyridine rings is 1. The maximum absolute atomic E-state index is 4.69. The fourth-order valence-corrected chi connectivity index (χ4v) is 2.69. The van der Waals surface area contributed by atoms with Gasteiger partial charge in [-0.15, -0.1) is 0 Å². The summed E-state index contributed by atoms with van der Waals surface area (Å²) in [6, 6.07) is 4.96. The Kier molecular flexibility index (Phi) is 6.31. The molecule has 0 atom stereocenters. The molecule has 0 aliphatic carbocycles. The molecular weight excluding hydrogens is 300 g/mol. The molecule has 0 spiro atoms. The molecule has 0 saturated heterocycles. The Morgan fingerprint density at radius 3 is 2.21 bits per heavy atom. The van der Waals surface area contributed by atoms with E-state index < -0.39 is 0 Å². The van der Waals surface area contributed by atoms with Crippen LogP contribution >= 0.6 is 15.9 Å². The summed E-state index contributed by atoms with van der Waals surface area (Å²) in [6.07, 6.45) is 4.34. The van der Waals surface area contributed by atoms with E-state index in [0.29, 0.717) is 6.04 Å². The lowest BCUT2D eigenvalue weighted by Crippen LogP contribution is -2.36. The number of hydrogen-bond donors (Lipinski definition) is 0. The van der Waals surface area contributed by atoms with E-state index in [1.165, 1.54) is 5.56 Å². The molecule has 0 saturated carbocycles. The molecule has 0 bridgehead atoms. The first-order chi connectivity index (χ1) is 8.93. The van der Waals surface area contributed by atoms with Crippen molar-refractivity contribution in [3.05, 3.63) is 23.9 Å². The Hall–Kier alpha value is -0.570. The highest BCUT2D eigenvalue weighted by Crippen LogP contribution is 2.24. The topological polar surface area (TPSA) is 16.1 Å². The van der Waals surface area contributed by atoms with Gasteiger partial charge in [0.1, 0.15) is 5.82 Å². The normalized spacial score (nSPS) is 11.9. The lowest BCUT2D eigenvalue weighted by molar-refractivity contribution is 0.560. The van der Waals surface area contributed by atoms with Gasteiger partial charge < -0.3 is 4.90 Å².